The first-order valence-corrected chi connectivity index (χ1v) is 10.2. The molecule has 9 heteroatoms. The van der Waals surface area contributed by atoms with E-state index < -0.39 is 21.7 Å². The summed E-state index contributed by atoms with van der Waals surface area (Å²) in [5, 5.41) is 5.63. The smallest absolute Gasteiger partial charge is 0.209 e. The highest BCUT2D eigenvalue weighted by Crippen LogP contribution is 2.26. The van der Waals surface area contributed by atoms with E-state index in [2.05, 4.69) is 15.0 Å². The Hall–Kier alpha value is -1.42. The third-order valence-corrected chi connectivity index (χ3v) is 5.47. The quantitative estimate of drug-likeness (QED) is 0.840. The lowest BCUT2D eigenvalue weighted by atomic mass is 10.1. The zero-order valence-corrected chi connectivity index (χ0v) is 14.6. The van der Waals surface area contributed by atoms with Gasteiger partial charge in [0.05, 0.1) is 11.9 Å². The molecule has 2 heterocycles. The van der Waals surface area contributed by atoms with Crippen LogP contribution in [0.3, 0.4) is 0 Å². The van der Waals surface area contributed by atoms with E-state index in [0.717, 1.165) is 24.6 Å². The van der Waals surface area contributed by atoms with Gasteiger partial charge in [-0.3, -0.25) is 0 Å². The summed E-state index contributed by atoms with van der Waals surface area (Å²) in [6.45, 7) is 0.726. The Morgan fingerprint density at radius 3 is 2.71 bits per heavy atom. The summed E-state index contributed by atoms with van der Waals surface area (Å²) in [5.74, 6) is -1.28. The van der Waals surface area contributed by atoms with E-state index in [-0.39, 0.29) is 12.1 Å². The first-order chi connectivity index (χ1) is 11.3. The van der Waals surface area contributed by atoms with Crippen molar-refractivity contribution in [2.45, 2.75) is 24.9 Å². The molecule has 130 valence electrons. The number of nitrogens with zero attached hydrogens (tertiary/aromatic N) is 1. The van der Waals surface area contributed by atoms with Crippen molar-refractivity contribution in [1.82, 2.24) is 15.0 Å². The van der Waals surface area contributed by atoms with Gasteiger partial charge in [0.2, 0.25) is 10.0 Å². The summed E-state index contributed by atoms with van der Waals surface area (Å²) in [6.07, 6.45) is 2.40. The molecule has 0 saturated carbocycles. The van der Waals surface area contributed by atoms with Crippen LogP contribution in [0, 0.1) is 11.6 Å². The molecule has 1 aromatic heterocycles. The zero-order valence-electron chi connectivity index (χ0n) is 12.9. The molecule has 0 radical (unpaired) electrons. The molecule has 0 spiro atoms. The van der Waals surface area contributed by atoms with Crippen molar-refractivity contribution in [1.29, 1.82) is 0 Å². The number of hydrogen-bond acceptors (Lipinski definition) is 5. The standard InChI is InChI=1S/C15H17F2N3O2S2/c1-24(21,22)20-13-2-3-18-14(13)7-12-8-23-15(19-12)9-4-10(16)6-11(17)5-9/h4-6,8,13-14,18,20H,2-3,7H2,1H3/t13-,14-/m1/s1. The molecular formula is C15H17F2N3O2S2. The fraction of sp³-hybridized carbons (Fsp3) is 0.400. The molecule has 2 atom stereocenters. The second-order valence-corrected chi connectivity index (χ2v) is 8.49. The molecule has 0 unspecified atom stereocenters. The molecule has 0 amide bonds. The molecule has 2 N–H and O–H groups in total. The third-order valence-electron chi connectivity index (χ3n) is 3.80. The molecule has 1 saturated heterocycles. The van der Waals surface area contributed by atoms with Crippen LogP contribution in [-0.2, 0) is 16.4 Å². The number of halogens is 2. The lowest BCUT2D eigenvalue weighted by Gasteiger charge is -2.18. The largest absolute Gasteiger partial charge is 0.312 e. The second-order valence-electron chi connectivity index (χ2n) is 5.85. The van der Waals surface area contributed by atoms with Crippen molar-refractivity contribution < 1.29 is 17.2 Å². The highest BCUT2D eigenvalue weighted by Gasteiger charge is 2.29. The van der Waals surface area contributed by atoms with E-state index in [4.69, 9.17) is 0 Å². The van der Waals surface area contributed by atoms with E-state index in [1.807, 2.05) is 5.38 Å². The van der Waals surface area contributed by atoms with Crippen LogP contribution < -0.4 is 10.0 Å². The molecule has 2 aromatic rings. The Labute approximate surface area is 143 Å². The van der Waals surface area contributed by atoms with Crippen LogP contribution >= 0.6 is 11.3 Å². The lowest BCUT2D eigenvalue weighted by Crippen LogP contribution is -2.44. The summed E-state index contributed by atoms with van der Waals surface area (Å²) >= 11 is 1.31. The predicted octanol–water partition coefficient (Wildman–Crippen LogP) is 1.91. The Kier molecular flexibility index (Phi) is 4.95. The van der Waals surface area contributed by atoms with Gasteiger partial charge in [0, 0.05) is 35.5 Å². The number of rotatable bonds is 5. The predicted molar refractivity (Wildman–Crippen MR) is 89.3 cm³/mol. The number of hydrogen-bond donors (Lipinski definition) is 2. The minimum absolute atomic E-state index is 0.0566. The fourth-order valence-electron chi connectivity index (χ4n) is 2.83. The summed E-state index contributed by atoms with van der Waals surface area (Å²) in [4.78, 5) is 4.43. The fourth-order valence-corrected chi connectivity index (χ4v) is 4.49. The normalized spacial score (nSPS) is 21.3. The highest BCUT2D eigenvalue weighted by molar-refractivity contribution is 7.88. The average Bonchev–Trinajstić information content (AvgIpc) is 3.07. The monoisotopic (exact) mass is 373 g/mol. The van der Waals surface area contributed by atoms with Gasteiger partial charge in [-0.2, -0.15) is 0 Å². The van der Waals surface area contributed by atoms with Crippen LogP contribution in [0.2, 0.25) is 0 Å². The molecule has 0 aliphatic carbocycles. The molecule has 5 nitrogen and oxygen atoms in total. The molecular weight excluding hydrogens is 356 g/mol. The topological polar surface area (TPSA) is 71.1 Å². The Morgan fingerprint density at radius 2 is 2.04 bits per heavy atom. The number of benzene rings is 1. The van der Waals surface area contributed by atoms with Crippen LogP contribution in [0.1, 0.15) is 12.1 Å². The van der Waals surface area contributed by atoms with Crippen molar-refractivity contribution in [3.05, 3.63) is 40.9 Å². The van der Waals surface area contributed by atoms with Gasteiger partial charge in [-0.25, -0.2) is 26.9 Å². The van der Waals surface area contributed by atoms with Gasteiger partial charge in [-0.1, -0.05) is 0 Å². The van der Waals surface area contributed by atoms with Crippen molar-refractivity contribution in [2.24, 2.45) is 0 Å². The van der Waals surface area contributed by atoms with E-state index in [9.17, 15) is 17.2 Å². The number of thiazole rings is 1. The molecule has 1 aliphatic heterocycles. The van der Waals surface area contributed by atoms with Crippen molar-refractivity contribution in [2.75, 3.05) is 12.8 Å². The van der Waals surface area contributed by atoms with Gasteiger partial charge in [-0.15, -0.1) is 11.3 Å². The molecule has 1 aromatic carbocycles. The SMILES string of the molecule is CS(=O)(=O)N[C@@H]1CCN[C@@H]1Cc1csc(-c2cc(F)cc(F)c2)n1. The van der Waals surface area contributed by atoms with E-state index >= 15 is 0 Å². The van der Waals surface area contributed by atoms with Crippen LogP contribution in [0.5, 0.6) is 0 Å². The zero-order chi connectivity index (χ0) is 17.3. The van der Waals surface area contributed by atoms with Gasteiger partial charge in [0.15, 0.2) is 0 Å². The minimum atomic E-state index is -3.27. The van der Waals surface area contributed by atoms with Crippen LogP contribution in [0.25, 0.3) is 10.6 Å². The number of sulfonamides is 1. The van der Waals surface area contributed by atoms with Gasteiger partial charge in [0.25, 0.3) is 0 Å². The summed E-state index contributed by atoms with van der Waals surface area (Å²) in [5.41, 5.74) is 1.16. The van der Waals surface area contributed by atoms with Gasteiger partial charge in [0.1, 0.15) is 16.6 Å². The first kappa shape index (κ1) is 17.4. The maximum Gasteiger partial charge on any atom is 0.209 e. The van der Waals surface area contributed by atoms with Gasteiger partial charge in [-0.05, 0) is 25.1 Å². The Morgan fingerprint density at radius 1 is 1.33 bits per heavy atom. The van der Waals surface area contributed by atoms with Crippen molar-refractivity contribution in [3.63, 3.8) is 0 Å². The van der Waals surface area contributed by atoms with E-state index in [0.29, 0.717) is 23.4 Å². The van der Waals surface area contributed by atoms with E-state index in [1.54, 1.807) is 0 Å². The Balaban J connectivity index is 1.74. The van der Waals surface area contributed by atoms with Gasteiger partial charge < -0.3 is 5.32 Å². The summed E-state index contributed by atoms with van der Waals surface area (Å²) < 4.78 is 52.1. The number of aromatic nitrogens is 1. The first-order valence-electron chi connectivity index (χ1n) is 7.42. The molecule has 1 fully saturated rings. The number of nitrogens with one attached hydrogen (secondary N) is 2. The summed E-state index contributed by atoms with van der Waals surface area (Å²) in [7, 11) is -3.27. The summed E-state index contributed by atoms with van der Waals surface area (Å²) in [6, 6.07) is 3.07. The third kappa shape index (κ3) is 4.35. The van der Waals surface area contributed by atoms with Crippen molar-refractivity contribution >= 4 is 21.4 Å². The van der Waals surface area contributed by atoms with Crippen molar-refractivity contribution in [3.8, 4) is 10.6 Å². The lowest BCUT2D eigenvalue weighted by molar-refractivity contribution is 0.491. The maximum atomic E-state index is 13.3. The Bertz CT molecular complexity index is 819. The van der Waals surface area contributed by atoms with Crippen LogP contribution in [0.15, 0.2) is 23.6 Å². The molecule has 3 rings (SSSR count). The van der Waals surface area contributed by atoms with Crippen LogP contribution in [-0.4, -0.2) is 38.3 Å². The molecule has 24 heavy (non-hydrogen) atoms. The highest BCUT2D eigenvalue weighted by atomic mass is 32.2. The van der Waals surface area contributed by atoms with Crippen LogP contribution in [0.4, 0.5) is 8.78 Å². The maximum absolute atomic E-state index is 13.3. The molecule has 1 aliphatic rings. The van der Waals surface area contributed by atoms with E-state index in [1.165, 1.54) is 23.5 Å². The molecule has 0 bridgehead atoms. The average molecular weight is 373 g/mol. The second kappa shape index (κ2) is 6.83. The minimum Gasteiger partial charge on any atom is -0.312 e. The van der Waals surface area contributed by atoms with Gasteiger partial charge >= 0.3 is 0 Å².